The lowest BCUT2D eigenvalue weighted by atomic mass is 10.2. The maximum absolute atomic E-state index is 6.51. The maximum Gasteiger partial charge on any atom is 0.221 e. The van der Waals surface area contributed by atoms with Crippen LogP contribution in [0, 0.1) is 6.92 Å². The largest absolute Gasteiger partial charge is 0.481 e. The molecule has 0 fully saturated rings. The number of hydrogen-bond donors (Lipinski definition) is 0. The first-order chi connectivity index (χ1) is 10.7. The Bertz CT molecular complexity index is 1000. The third kappa shape index (κ3) is 1.74. The fourth-order valence-corrected chi connectivity index (χ4v) is 3.07. The van der Waals surface area contributed by atoms with E-state index in [1.165, 1.54) is 0 Å². The fourth-order valence-electron chi connectivity index (χ4n) is 2.77. The van der Waals surface area contributed by atoms with E-state index in [4.69, 9.17) is 20.8 Å². The molecule has 5 heteroatoms. The molecule has 22 heavy (non-hydrogen) atoms. The predicted octanol–water partition coefficient (Wildman–Crippen LogP) is 4.72. The Morgan fingerprint density at radius 1 is 1.18 bits per heavy atom. The van der Waals surface area contributed by atoms with Gasteiger partial charge in [-0.3, -0.25) is 4.40 Å². The number of halogens is 1. The topological polar surface area (TPSA) is 39.7 Å². The first-order valence-electron chi connectivity index (χ1n) is 6.89. The molecular formula is C17H13ClN2O2. The van der Waals surface area contributed by atoms with Crippen molar-refractivity contribution in [1.29, 1.82) is 0 Å². The number of ether oxygens (including phenoxy) is 1. The molecule has 0 unspecified atom stereocenters. The second-order valence-corrected chi connectivity index (χ2v) is 5.44. The Hall–Kier alpha value is -2.46. The molecule has 0 saturated heterocycles. The van der Waals surface area contributed by atoms with Crippen molar-refractivity contribution in [2.75, 3.05) is 7.11 Å². The van der Waals surface area contributed by atoms with Crippen LogP contribution in [0.25, 0.3) is 27.9 Å². The molecule has 0 spiro atoms. The van der Waals surface area contributed by atoms with Crippen molar-refractivity contribution in [3.8, 4) is 17.2 Å². The molecule has 4 nitrogen and oxygen atoms in total. The molecule has 0 amide bonds. The van der Waals surface area contributed by atoms with E-state index in [0.29, 0.717) is 16.7 Å². The number of aryl methyl sites for hydroxylation is 1. The Morgan fingerprint density at radius 2 is 2.00 bits per heavy atom. The Morgan fingerprint density at radius 3 is 2.77 bits per heavy atom. The molecule has 0 aliphatic carbocycles. The van der Waals surface area contributed by atoms with Crippen LogP contribution >= 0.6 is 11.6 Å². The minimum Gasteiger partial charge on any atom is -0.481 e. The summed E-state index contributed by atoms with van der Waals surface area (Å²) in [7, 11) is 1.64. The summed E-state index contributed by atoms with van der Waals surface area (Å²) in [6.07, 6.45) is 1.91. The fraction of sp³-hybridized carbons (Fsp3) is 0.118. The zero-order chi connectivity index (χ0) is 15.3. The Labute approximate surface area is 131 Å². The van der Waals surface area contributed by atoms with Gasteiger partial charge in [0, 0.05) is 11.6 Å². The minimum atomic E-state index is 0.600. The van der Waals surface area contributed by atoms with Gasteiger partial charge in [0.05, 0.1) is 17.7 Å². The standard InChI is InChI=1S/C17H13ClN2O2/c1-10-17(21-2)20-9-5-7-12(16(20)19-10)15-14(18)11-6-3-4-8-13(11)22-15/h3-9H,1-2H3. The lowest BCUT2D eigenvalue weighted by molar-refractivity contribution is 0.391. The van der Waals surface area contributed by atoms with Crippen molar-refractivity contribution >= 4 is 28.2 Å². The number of hydrogen-bond acceptors (Lipinski definition) is 3. The highest BCUT2D eigenvalue weighted by Crippen LogP contribution is 2.39. The van der Waals surface area contributed by atoms with Gasteiger partial charge in [0.25, 0.3) is 0 Å². The van der Waals surface area contributed by atoms with Gasteiger partial charge in [-0.1, -0.05) is 23.7 Å². The van der Waals surface area contributed by atoms with Gasteiger partial charge in [0.15, 0.2) is 11.4 Å². The van der Waals surface area contributed by atoms with Crippen molar-refractivity contribution in [1.82, 2.24) is 9.38 Å². The number of rotatable bonds is 2. The van der Waals surface area contributed by atoms with Crippen LogP contribution in [0.15, 0.2) is 47.0 Å². The molecule has 110 valence electrons. The van der Waals surface area contributed by atoms with E-state index in [-0.39, 0.29) is 0 Å². The molecule has 0 saturated carbocycles. The average molecular weight is 313 g/mol. The monoisotopic (exact) mass is 312 g/mol. The highest BCUT2D eigenvalue weighted by Gasteiger charge is 2.19. The van der Waals surface area contributed by atoms with E-state index in [1.54, 1.807) is 7.11 Å². The summed E-state index contributed by atoms with van der Waals surface area (Å²) >= 11 is 6.51. The van der Waals surface area contributed by atoms with Crippen LogP contribution in [0.2, 0.25) is 5.02 Å². The molecule has 4 aromatic rings. The zero-order valence-corrected chi connectivity index (χ0v) is 12.9. The number of pyridine rings is 1. The van der Waals surface area contributed by atoms with Crippen LogP contribution in [-0.2, 0) is 0 Å². The van der Waals surface area contributed by atoms with E-state index in [1.807, 2.05) is 53.9 Å². The molecule has 0 bridgehead atoms. The first kappa shape index (κ1) is 13.2. The van der Waals surface area contributed by atoms with Gasteiger partial charge in [-0.25, -0.2) is 4.98 Å². The van der Waals surface area contributed by atoms with Gasteiger partial charge in [-0.15, -0.1) is 0 Å². The third-order valence-corrected chi connectivity index (χ3v) is 4.12. The second-order valence-electron chi connectivity index (χ2n) is 5.06. The van der Waals surface area contributed by atoms with Crippen molar-refractivity contribution in [3.05, 3.63) is 53.3 Å². The lowest BCUT2D eigenvalue weighted by Gasteiger charge is -2.03. The molecule has 3 heterocycles. The van der Waals surface area contributed by atoms with Crippen LogP contribution in [-0.4, -0.2) is 16.5 Å². The second kappa shape index (κ2) is 4.78. The molecule has 1 aromatic carbocycles. The van der Waals surface area contributed by atoms with Gasteiger partial charge in [-0.05, 0) is 31.2 Å². The molecule has 0 aliphatic heterocycles. The number of methoxy groups -OCH3 is 1. The zero-order valence-electron chi connectivity index (χ0n) is 12.1. The number of aromatic nitrogens is 2. The van der Waals surface area contributed by atoms with Crippen molar-refractivity contribution in [3.63, 3.8) is 0 Å². The normalized spacial score (nSPS) is 11.4. The summed E-state index contributed by atoms with van der Waals surface area (Å²) in [5, 5.41) is 1.50. The van der Waals surface area contributed by atoms with Gasteiger partial charge >= 0.3 is 0 Å². The lowest BCUT2D eigenvalue weighted by Crippen LogP contribution is -1.92. The maximum atomic E-state index is 6.51. The number of nitrogens with zero attached hydrogens (tertiary/aromatic N) is 2. The molecule has 4 rings (SSSR count). The summed E-state index contributed by atoms with van der Waals surface area (Å²) in [6.45, 7) is 1.91. The van der Waals surface area contributed by atoms with Crippen LogP contribution in [0.5, 0.6) is 5.88 Å². The molecule has 3 aromatic heterocycles. The summed E-state index contributed by atoms with van der Waals surface area (Å²) in [5.74, 6) is 1.34. The number of fused-ring (bicyclic) bond motifs is 2. The Balaban J connectivity index is 2.06. The smallest absolute Gasteiger partial charge is 0.221 e. The molecular weight excluding hydrogens is 300 g/mol. The minimum absolute atomic E-state index is 0.600. The van der Waals surface area contributed by atoms with Crippen LogP contribution < -0.4 is 4.74 Å². The molecule has 0 aliphatic rings. The molecule has 0 atom stereocenters. The number of furan rings is 1. The number of imidazole rings is 1. The summed E-state index contributed by atoms with van der Waals surface area (Å²) in [5.41, 5.74) is 3.19. The summed E-state index contributed by atoms with van der Waals surface area (Å²) < 4.78 is 13.3. The van der Waals surface area contributed by atoms with E-state index in [2.05, 4.69) is 4.98 Å². The highest BCUT2D eigenvalue weighted by atomic mass is 35.5. The summed E-state index contributed by atoms with van der Waals surface area (Å²) in [6, 6.07) is 11.6. The summed E-state index contributed by atoms with van der Waals surface area (Å²) in [4.78, 5) is 4.59. The Kier molecular flexibility index (Phi) is 2.87. The van der Waals surface area contributed by atoms with Gasteiger partial charge in [0.1, 0.15) is 11.3 Å². The molecule has 0 radical (unpaired) electrons. The predicted molar refractivity (Wildman–Crippen MR) is 86.7 cm³/mol. The third-order valence-electron chi connectivity index (χ3n) is 3.74. The van der Waals surface area contributed by atoms with Crippen molar-refractivity contribution < 1.29 is 9.15 Å². The first-order valence-corrected chi connectivity index (χ1v) is 7.27. The highest BCUT2D eigenvalue weighted by molar-refractivity contribution is 6.38. The number of para-hydroxylation sites is 1. The molecule has 0 N–H and O–H groups in total. The quantitative estimate of drug-likeness (QED) is 0.538. The van der Waals surface area contributed by atoms with E-state index in [9.17, 15) is 0 Å². The van der Waals surface area contributed by atoms with E-state index >= 15 is 0 Å². The SMILES string of the molecule is COc1c(C)nc2c(-c3oc4ccccc4c3Cl)cccn12. The van der Waals surface area contributed by atoms with E-state index < -0.39 is 0 Å². The van der Waals surface area contributed by atoms with Crippen LogP contribution in [0.3, 0.4) is 0 Å². The average Bonchev–Trinajstić information content (AvgIpc) is 3.04. The van der Waals surface area contributed by atoms with Gasteiger partial charge < -0.3 is 9.15 Å². The van der Waals surface area contributed by atoms with Crippen LogP contribution in [0.4, 0.5) is 0 Å². The number of benzene rings is 1. The van der Waals surface area contributed by atoms with Gasteiger partial charge in [0.2, 0.25) is 5.88 Å². The van der Waals surface area contributed by atoms with Gasteiger partial charge in [-0.2, -0.15) is 0 Å². The van der Waals surface area contributed by atoms with E-state index in [0.717, 1.165) is 27.9 Å². The van der Waals surface area contributed by atoms with Crippen molar-refractivity contribution in [2.45, 2.75) is 6.92 Å². The van der Waals surface area contributed by atoms with Crippen LogP contribution in [0.1, 0.15) is 5.69 Å². The van der Waals surface area contributed by atoms with Crippen molar-refractivity contribution in [2.24, 2.45) is 0 Å².